The zero-order valence-corrected chi connectivity index (χ0v) is 12.0. The number of carboxylic acid groups (broad SMARTS) is 1. The summed E-state index contributed by atoms with van der Waals surface area (Å²) in [6, 6.07) is -0.743. The summed E-state index contributed by atoms with van der Waals surface area (Å²) < 4.78 is 22.6. The van der Waals surface area contributed by atoms with Gasteiger partial charge in [0.25, 0.3) is 0 Å². The maximum atomic E-state index is 11.7. The van der Waals surface area contributed by atoms with Crippen molar-refractivity contribution >= 4 is 21.8 Å². The Morgan fingerprint density at radius 1 is 1.25 bits per heavy atom. The van der Waals surface area contributed by atoms with Crippen LogP contribution in [0.25, 0.3) is 0 Å². The first-order valence-corrected chi connectivity index (χ1v) is 8.64. The fraction of sp³-hybridized carbons (Fsp3) is 0.833. The molecule has 2 amide bonds. The Kier molecular flexibility index (Phi) is 4.52. The molecule has 0 aromatic carbocycles. The first kappa shape index (κ1) is 15.1. The lowest BCUT2D eigenvalue weighted by molar-refractivity contribution is -0.137. The van der Waals surface area contributed by atoms with E-state index in [1.54, 1.807) is 0 Å². The summed E-state index contributed by atoms with van der Waals surface area (Å²) >= 11 is 0. The second kappa shape index (κ2) is 5.99. The van der Waals surface area contributed by atoms with E-state index in [1.807, 2.05) is 0 Å². The summed E-state index contributed by atoms with van der Waals surface area (Å²) in [5.41, 5.74) is 0. The first-order chi connectivity index (χ1) is 9.35. The molecule has 0 bridgehead atoms. The molecular weight excluding hydrogens is 284 g/mol. The third kappa shape index (κ3) is 4.66. The van der Waals surface area contributed by atoms with Crippen molar-refractivity contribution in [3.05, 3.63) is 0 Å². The van der Waals surface area contributed by atoms with Gasteiger partial charge in [-0.2, -0.15) is 0 Å². The number of aliphatic carboxylic acids is 1. The number of amides is 2. The van der Waals surface area contributed by atoms with Gasteiger partial charge in [-0.25, -0.2) is 13.2 Å². The maximum Gasteiger partial charge on any atom is 0.315 e. The Balaban J connectivity index is 1.73. The van der Waals surface area contributed by atoms with Crippen LogP contribution in [0, 0.1) is 11.8 Å². The number of hydrogen-bond acceptors (Lipinski definition) is 4. The highest BCUT2D eigenvalue weighted by molar-refractivity contribution is 7.91. The number of rotatable bonds is 6. The van der Waals surface area contributed by atoms with E-state index in [0.717, 1.165) is 12.8 Å². The predicted octanol–water partition coefficient (Wildman–Crippen LogP) is -0.0264. The second-order valence-electron chi connectivity index (χ2n) is 5.67. The molecule has 114 valence electrons. The summed E-state index contributed by atoms with van der Waals surface area (Å²) in [7, 11) is -2.94. The topological polar surface area (TPSA) is 113 Å². The van der Waals surface area contributed by atoms with Crippen LogP contribution in [0.15, 0.2) is 0 Å². The fourth-order valence-corrected chi connectivity index (χ4v) is 4.37. The van der Waals surface area contributed by atoms with Crippen molar-refractivity contribution in [3.8, 4) is 0 Å². The number of carboxylic acids is 1. The Morgan fingerprint density at radius 3 is 2.45 bits per heavy atom. The van der Waals surface area contributed by atoms with Crippen LogP contribution in [-0.4, -0.2) is 49.6 Å². The van der Waals surface area contributed by atoms with E-state index in [9.17, 15) is 18.0 Å². The third-order valence-corrected chi connectivity index (χ3v) is 5.62. The molecule has 20 heavy (non-hydrogen) atoms. The Morgan fingerprint density at radius 2 is 1.95 bits per heavy atom. The van der Waals surface area contributed by atoms with E-state index in [4.69, 9.17) is 5.11 Å². The molecule has 2 atom stereocenters. The molecular formula is C12H20N2O5S. The van der Waals surface area contributed by atoms with Crippen LogP contribution >= 0.6 is 0 Å². The van der Waals surface area contributed by atoms with Crippen LogP contribution in [-0.2, 0) is 14.6 Å². The Hall–Kier alpha value is -1.31. The smallest absolute Gasteiger partial charge is 0.315 e. The lowest BCUT2D eigenvalue weighted by atomic mass is 10.1. The van der Waals surface area contributed by atoms with E-state index in [2.05, 4.69) is 10.6 Å². The molecule has 1 aliphatic carbocycles. The van der Waals surface area contributed by atoms with Gasteiger partial charge in [-0.3, -0.25) is 4.79 Å². The molecule has 0 spiro atoms. The molecule has 0 radical (unpaired) electrons. The molecule has 7 nitrogen and oxygen atoms in total. The highest BCUT2D eigenvalue weighted by Crippen LogP contribution is 2.33. The average molecular weight is 304 g/mol. The summed E-state index contributed by atoms with van der Waals surface area (Å²) in [5.74, 6) is -0.406. The molecule has 1 saturated heterocycles. The van der Waals surface area contributed by atoms with Crippen LogP contribution in [0.5, 0.6) is 0 Å². The summed E-state index contributed by atoms with van der Waals surface area (Å²) in [5, 5.41) is 14.1. The average Bonchev–Trinajstić information content (AvgIpc) is 3.10. The van der Waals surface area contributed by atoms with Gasteiger partial charge in [0, 0.05) is 12.6 Å². The fourth-order valence-electron chi connectivity index (χ4n) is 2.51. The van der Waals surface area contributed by atoms with Gasteiger partial charge in [0.1, 0.15) is 0 Å². The van der Waals surface area contributed by atoms with Crippen molar-refractivity contribution in [2.75, 3.05) is 18.1 Å². The van der Waals surface area contributed by atoms with Crippen molar-refractivity contribution in [1.29, 1.82) is 0 Å². The van der Waals surface area contributed by atoms with Crippen LogP contribution in [0.1, 0.15) is 25.7 Å². The van der Waals surface area contributed by atoms with E-state index in [0.29, 0.717) is 13.0 Å². The number of sulfone groups is 1. The lowest BCUT2D eigenvalue weighted by Crippen LogP contribution is -2.45. The van der Waals surface area contributed by atoms with Crippen LogP contribution < -0.4 is 10.6 Å². The number of hydrogen-bond donors (Lipinski definition) is 3. The normalized spacial score (nSPS) is 25.9. The molecule has 1 saturated carbocycles. The van der Waals surface area contributed by atoms with Gasteiger partial charge < -0.3 is 15.7 Å². The van der Waals surface area contributed by atoms with Gasteiger partial charge in [0.15, 0.2) is 9.84 Å². The van der Waals surface area contributed by atoms with Gasteiger partial charge >= 0.3 is 12.0 Å². The monoisotopic (exact) mass is 304 g/mol. The molecule has 0 aromatic heterocycles. The van der Waals surface area contributed by atoms with Gasteiger partial charge in [-0.1, -0.05) is 0 Å². The zero-order chi connectivity index (χ0) is 14.8. The molecule has 3 N–H and O–H groups in total. The van der Waals surface area contributed by atoms with E-state index in [1.165, 1.54) is 0 Å². The van der Waals surface area contributed by atoms with E-state index >= 15 is 0 Å². The molecule has 2 unspecified atom stereocenters. The molecule has 1 heterocycles. The van der Waals surface area contributed by atoms with Crippen molar-refractivity contribution < 1.29 is 23.1 Å². The minimum atomic E-state index is -2.94. The number of carbonyl (C=O) groups excluding carboxylic acids is 1. The molecule has 0 aromatic rings. The van der Waals surface area contributed by atoms with Crippen LogP contribution in [0.2, 0.25) is 0 Å². The SMILES string of the molecule is O=C(O)CC(NC(=O)NCC1CCS(=O)(=O)C1)C1CC1. The van der Waals surface area contributed by atoms with Gasteiger partial charge in [0.05, 0.1) is 17.9 Å². The standard InChI is InChI=1S/C12H20N2O5S/c15-11(16)5-10(9-1-2-9)14-12(17)13-6-8-3-4-20(18,19)7-8/h8-10H,1-7H2,(H,15,16)(H2,13,14,17). The molecule has 2 rings (SSSR count). The lowest BCUT2D eigenvalue weighted by Gasteiger charge is -2.17. The number of carbonyl (C=O) groups is 2. The molecule has 2 aliphatic rings. The van der Waals surface area contributed by atoms with Crippen LogP contribution in [0.3, 0.4) is 0 Å². The zero-order valence-electron chi connectivity index (χ0n) is 11.2. The third-order valence-electron chi connectivity index (χ3n) is 3.78. The largest absolute Gasteiger partial charge is 0.481 e. The highest BCUT2D eigenvalue weighted by atomic mass is 32.2. The Labute approximate surface area is 118 Å². The van der Waals surface area contributed by atoms with Crippen molar-refractivity contribution in [3.63, 3.8) is 0 Å². The summed E-state index contributed by atoms with van der Waals surface area (Å²) in [6.07, 6.45) is 2.39. The molecule has 8 heteroatoms. The maximum absolute atomic E-state index is 11.7. The van der Waals surface area contributed by atoms with Crippen LogP contribution in [0.4, 0.5) is 4.79 Å². The minimum absolute atomic E-state index is 0.0374. The summed E-state index contributed by atoms with van der Waals surface area (Å²) in [6.45, 7) is 0.315. The number of nitrogens with one attached hydrogen (secondary N) is 2. The quantitative estimate of drug-likeness (QED) is 0.638. The van der Waals surface area contributed by atoms with Crippen molar-refractivity contribution in [1.82, 2.24) is 10.6 Å². The van der Waals surface area contributed by atoms with E-state index < -0.39 is 21.8 Å². The second-order valence-corrected chi connectivity index (χ2v) is 7.89. The molecule has 2 fully saturated rings. The van der Waals surface area contributed by atoms with Crippen molar-refractivity contribution in [2.45, 2.75) is 31.7 Å². The van der Waals surface area contributed by atoms with Crippen molar-refractivity contribution in [2.24, 2.45) is 11.8 Å². The van der Waals surface area contributed by atoms with Gasteiger partial charge in [-0.05, 0) is 31.1 Å². The highest BCUT2D eigenvalue weighted by Gasteiger charge is 2.34. The van der Waals surface area contributed by atoms with Gasteiger partial charge in [0.2, 0.25) is 0 Å². The molecule has 1 aliphatic heterocycles. The van der Waals surface area contributed by atoms with Gasteiger partial charge in [-0.15, -0.1) is 0 Å². The first-order valence-electron chi connectivity index (χ1n) is 6.82. The summed E-state index contributed by atoms with van der Waals surface area (Å²) in [4.78, 5) is 22.4. The minimum Gasteiger partial charge on any atom is -0.481 e. The number of urea groups is 1. The van der Waals surface area contributed by atoms with E-state index in [-0.39, 0.29) is 35.8 Å². The Bertz CT molecular complexity index is 486. The predicted molar refractivity (Wildman–Crippen MR) is 72.1 cm³/mol.